The van der Waals surface area contributed by atoms with Gasteiger partial charge in [0.05, 0.1) is 0 Å². The SMILES string of the molecule is CC(C)[Si]1(C(C)C)C2=Cc3c(-c4ccc(C(F)(F)F)cc4)cccc3[CH]2[Hf]([CH3])([CH3])[CH]2C1=Cc1c(-c3ccc(C(F)(F)F)cc3)cccc12. The van der Waals surface area contributed by atoms with E-state index in [2.05, 4.69) is 73.5 Å². The maximum atomic E-state index is 13.4. The minimum absolute atomic E-state index is 0.334. The predicted molar refractivity (Wildman–Crippen MR) is 183 cm³/mol. The van der Waals surface area contributed by atoms with Gasteiger partial charge in [-0.1, -0.05) is 0 Å². The summed E-state index contributed by atoms with van der Waals surface area (Å²) in [6.07, 6.45) is -3.89. The van der Waals surface area contributed by atoms with E-state index in [9.17, 15) is 26.3 Å². The minimum atomic E-state index is -4.39. The van der Waals surface area contributed by atoms with E-state index < -0.39 is 51.5 Å². The van der Waals surface area contributed by atoms with Crippen molar-refractivity contribution in [1.29, 1.82) is 0 Å². The standard InChI is InChI=1S/C38H32F6Si.2CH3.Hf/c1-23(2)45(24(3)4,31-19-27-7-5-9-33(35(27)21-31)25-11-15-29(16-12-25)37(39,40)41)32-20-28-8-6-10-34(36(28)22-32)26-13-17-30(18-14-26)38(42,43)44;;;/h5-24H,1-4H3;2*1H3;. The summed E-state index contributed by atoms with van der Waals surface area (Å²) in [7, 11) is -2.42. The number of fused-ring (bicyclic) bond motifs is 6. The van der Waals surface area contributed by atoms with Crippen molar-refractivity contribution in [2.24, 2.45) is 0 Å². The summed E-state index contributed by atoms with van der Waals surface area (Å²) in [4.78, 5) is 0. The summed E-state index contributed by atoms with van der Waals surface area (Å²) >= 11 is -3.44. The van der Waals surface area contributed by atoms with Gasteiger partial charge in [-0.05, 0) is 0 Å². The summed E-state index contributed by atoms with van der Waals surface area (Å²) in [5.41, 5.74) is 7.96. The topological polar surface area (TPSA) is 0 Å². The van der Waals surface area contributed by atoms with Gasteiger partial charge in [-0.2, -0.15) is 0 Å². The van der Waals surface area contributed by atoms with Crippen LogP contribution >= 0.6 is 0 Å². The molecule has 1 heterocycles. The van der Waals surface area contributed by atoms with Crippen LogP contribution in [0.1, 0.15) is 68.4 Å². The molecule has 7 rings (SSSR count). The molecule has 4 aromatic carbocycles. The molecule has 2 atom stereocenters. The molecular weight excluding hydrogens is 801 g/mol. The van der Waals surface area contributed by atoms with Crippen molar-refractivity contribution in [3.63, 3.8) is 0 Å². The van der Waals surface area contributed by atoms with Gasteiger partial charge in [0.2, 0.25) is 0 Å². The number of allylic oxidation sites excluding steroid dienone is 2. The fourth-order valence-electron chi connectivity index (χ4n) is 9.64. The first-order chi connectivity index (χ1) is 22.5. The van der Waals surface area contributed by atoms with E-state index in [0.29, 0.717) is 18.4 Å². The monoisotopic (exact) mass is 840 g/mol. The van der Waals surface area contributed by atoms with Gasteiger partial charge in [0.15, 0.2) is 0 Å². The number of halogens is 6. The Bertz CT molecular complexity index is 1840. The Morgan fingerprint density at radius 3 is 1.21 bits per heavy atom. The Hall–Kier alpha value is -2.97. The molecule has 0 radical (unpaired) electrons. The first-order valence-electron chi connectivity index (χ1n) is 16.5. The number of hydrogen-bond acceptors (Lipinski definition) is 0. The molecule has 0 nitrogen and oxygen atoms in total. The summed E-state index contributed by atoms with van der Waals surface area (Å²) in [5.74, 6) is 0. The van der Waals surface area contributed by atoms with E-state index in [1.807, 2.05) is 12.1 Å². The van der Waals surface area contributed by atoms with Gasteiger partial charge in [-0.3, -0.25) is 0 Å². The van der Waals surface area contributed by atoms with Crippen LogP contribution in [0.15, 0.2) is 95.3 Å². The Balaban J connectivity index is 1.43. The third-order valence-electron chi connectivity index (χ3n) is 11.4. The third kappa shape index (κ3) is 4.86. The molecule has 0 saturated carbocycles. The Morgan fingerprint density at radius 2 is 0.896 bits per heavy atom. The van der Waals surface area contributed by atoms with Crippen LogP contribution in [0, 0.1) is 0 Å². The van der Waals surface area contributed by atoms with Crippen LogP contribution in [0.3, 0.4) is 0 Å². The average Bonchev–Trinajstić information content (AvgIpc) is 3.61. The van der Waals surface area contributed by atoms with Crippen molar-refractivity contribution in [3.8, 4) is 22.3 Å². The van der Waals surface area contributed by atoms with Crippen LogP contribution in [0.4, 0.5) is 26.3 Å². The zero-order valence-electron chi connectivity index (χ0n) is 27.8. The van der Waals surface area contributed by atoms with Crippen LogP contribution < -0.4 is 0 Å². The molecule has 0 bridgehead atoms. The van der Waals surface area contributed by atoms with Crippen LogP contribution in [0.25, 0.3) is 34.4 Å². The second-order valence-corrected chi connectivity index (χ2v) is 37.3. The van der Waals surface area contributed by atoms with E-state index in [4.69, 9.17) is 0 Å². The molecule has 0 amide bonds. The van der Waals surface area contributed by atoms with Crippen LogP contribution in [0.5, 0.6) is 0 Å². The van der Waals surface area contributed by atoms with Crippen molar-refractivity contribution in [3.05, 3.63) is 129 Å². The Morgan fingerprint density at radius 1 is 0.542 bits per heavy atom. The number of hydrogen-bond donors (Lipinski definition) is 0. The zero-order chi connectivity index (χ0) is 34.6. The number of benzene rings is 4. The quantitative estimate of drug-likeness (QED) is 0.142. The van der Waals surface area contributed by atoms with Crippen molar-refractivity contribution in [1.82, 2.24) is 0 Å². The molecule has 1 fully saturated rings. The first kappa shape index (κ1) is 33.5. The van der Waals surface area contributed by atoms with Gasteiger partial charge in [0.1, 0.15) is 0 Å². The van der Waals surface area contributed by atoms with Crippen LogP contribution in [0.2, 0.25) is 20.4 Å². The molecule has 2 aliphatic carbocycles. The molecule has 2 unspecified atom stereocenters. The van der Waals surface area contributed by atoms with E-state index in [1.165, 1.54) is 35.4 Å². The van der Waals surface area contributed by atoms with Crippen LogP contribution in [-0.2, 0) is 32.3 Å². The van der Waals surface area contributed by atoms with Gasteiger partial charge in [0.25, 0.3) is 0 Å². The average molecular weight is 839 g/mol. The second kappa shape index (κ2) is 11.3. The molecule has 1 aliphatic heterocycles. The summed E-state index contributed by atoms with van der Waals surface area (Å²) in [6, 6.07) is 23.8. The van der Waals surface area contributed by atoms with Gasteiger partial charge >= 0.3 is 285 Å². The molecule has 4 aromatic rings. The van der Waals surface area contributed by atoms with E-state index >= 15 is 0 Å². The molecule has 248 valence electrons. The molecule has 0 N–H and O–H groups in total. The zero-order valence-corrected chi connectivity index (χ0v) is 32.4. The molecular formula is C40H38F6HfSi. The third-order valence-corrected chi connectivity index (χ3v) is 35.1. The van der Waals surface area contributed by atoms with Crippen molar-refractivity contribution < 1.29 is 46.3 Å². The van der Waals surface area contributed by atoms with E-state index in [-0.39, 0.29) is 0 Å². The fraction of sp³-hybridized carbons (Fsp3) is 0.300. The Kier molecular flexibility index (Phi) is 7.87. The van der Waals surface area contributed by atoms with E-state index in [0.717, 1.165) is 33.4 Å². The molecule has 0 aromatic heterocycles. The van der Waals surface area contributed by atoms with Gasteiger partial charge < -0.3 is 0 Å². The van der Waals surface area contributed by atoms with Gasteiger partial charge in [-0.15, -0.1) is 0 Å². The molecule has 8 heteroatoms. The predicted octanol–water partition coefficient (Wildman–Crippen LogP) is 13.2. The first-order valence-corrected chi connectivity index (χ1v) is 30.0. The number of rotatable bonds is 4. The summed E-state index contributed by atoms with van der Waals surface area (Å²) in [5, 5.41) is 3.14. The normalized spacial score (nSPS) is 20.6. The summed E-state index contributed by atoms with van der Waals surface area (Å²) < 4.78 is 86.3. The van der Waals surface area contributed by atoms with Crippen molar-refractivity contribution in [2.75, 3.05) is 0 Å². The second-order valence-electron chi connectivity index (χ2n) is 14.8. The summed E-state index contributed by atoms with van der Waals surface area (Å²) in [6.45, 7) is 9.43. The van der Waals surface area contributed by atoms with Crippen LogP contribution in [-0.4, -0.2) is 8.07 Å². The number of alkyl halides is 6. The van der Waals surface area contributed by atoms with Crippen molar-refractivity contribution >= 4 is 20.2 Å². The van der Waals surface area contributed by atoms with Gasteiger partial charge in [-0.25, -0.2) is 0 Å². The maximum absolute atomic E-state index is 13.4. The Labute approximate surface area is 283 Å². The van der Waals surface area contributed by atoms with Crippen molar-refractivity contribution in [2.45, 2.75) is 67.8 Å². The van der Waals surface area contributed by atoms with E-state index in [1.54, 1.807) is 34.7 Å². The van der Waals surface area contributed by atoms with Gasteiger partial charge in [0, 0.05) is 0 Å². The molecule has 1 saturated heterocycles. The molecule has 48 heavy (non-hydrogen) atoms. The fourth-order valence-corrected chi connectivity index (χ4v) is 42.4. The molecule has 0 spiro atoms. The molecule has 3 aliphatic rings.